The van der Waals surface area contributed by atoms with E-state index in [2.05, 4.69) is 16.3 Å². The van der Waals surface area contributed by atoms with Crippen LogP contribution in [-0.4, -0.2) is 30.1 Å². The Balaban J connectivity index is 1.61. The highest BCUT2D eigenvalue weighted by molar-refractivity contribution is 5.96. The maximum atomic E-state index is 12.1. The number of carbonyl (C=O) groups excluding carboxylic acids is 1. The lowest BCUT2D eigenvalue weighted by Crippen LogP contribution is -2.47. The molecule has 3 heterocycles. The molecule has 1 aromatic carbocycles. The van der Waals surface area contributed by atoms with Crippen LogP contribution in [-0.2, 0) is 6.54 Å². The Kier molecular flexibility index (Phi) is 4.18. The third kappa shape index (κ3) is 2.85. The summed E-state index contributed by atoms with van der Waals surface area (Å²) >= 11 is 0. The molecule has 2 aliphatic heterocycles. The Bertz CT molecular complexity index is 905. The molecule has 6 heteroatoms. The van der Waals surface area contributed by atoms with Crippen LogP contribution in [0.25, 0.3) is 0 Å². The number of benzene rings is 1. The SMILES string of the molecule is CCNC(=O)c1ccc(N2C[C@@H]3C[C@H](C2)c2cccc(=O)n2C3)c(N)c1. The molecule has 3 N–H and O–H groups in total. The second-order valence-corrected chi connectivity index (χ2v) is 7.24. The number of amides is 1. The van der Waals surface area contributed by atoms with Crippen LogP contribution < -0.4 is 21.5 Å². The highest BCUT2D eigenvalue weighted by Crippen LogP contribution is 2.38. The zero-order chi connectivity index (χ0) is 18.3. The Morgan fingerprint density at radius 2 is 2.08 bits per heavy atom. The van der Waals surface area contributed by atoms with E-state index in [1.807, 2.05) is 29.7 Å². The van der Waals surface area contributed by atoms with Gasteiger partial charge in [0.1, 0.15) is 0 Å². The predicted octanol–water partition coefficient (Wildman–Crippen LogP) is 1.80. The number of aromatic nitrogens is 1. The van der Waals surface area contributed by atoms with Gasteiger partial charge in [0, 0.05) is 49.4 Å². The topological polar surface area (TPSA) is 80.4 Å². The minimum Gasteiger partial charge on any atom is -0.397 e. The van der Waals surface area contributed by atoms with Gasteiger partial charge in [0.25, 0.3) is 11.5 Å². The maximum Gasteiger partial charge on any atom is 0.251 e. The van der Waals surface area contributed by atoms with Crippen molar-refractivity contribution < 1.29 is 4.79 Å². The van der Waals surface area contributed by atoms with Crippen LogP contribution in [0.1, 0.15) is 35.3 Å². The quantitative estimate of drug-likeness (QED) is 0.826. The molecule has 6 nitrogen and oxygen atoms in total. The lowest BCUT2D eigenvalue weighted by molar-refractivity contribution is 0.0956. The third-order valence-electron chi connectivity index (χ3n) is 5.45. The normalized spacial score (nSPS) is 21.2. The van der Waals surface area contributed by atoms with Gasteiger partial charge in [-0.3, -0.25) is 9.59 Å². The van der Waals surface area contributed by atoms with Crippen molar-refractivity contribution in [2.75, 3.05) is 30.3 Å². The first-order valence-corrected chi connectivity index (χ1v) is 9.19. The predicted molar refractivity (Wildman–Crippen MR) is 103 cm³/mol. The van der Waals surface area contributed by atoms with Gasteiger partial charge in [-0.05, 0) is 43.5 Å². The fourth-order valence-corrected chi connectivity index (χ4v) is 4.34. The molecule has 0 radical (unpaired) electrons. The summed E-state index contributed by atoms with van der Waals surface area (Å²) in [6.45, 7) is 4.96. The minimum absolute atomic E-state index is 0.0939. The molecular formula is C20H24N4O2. The first kappa shape index (κ1) is 16.7. The van der Waals surface area contributed by atoms with Crippen molar-refractivity contribution in [2.45, 2.75) is 25.8 Å². The number of anilines is 2. The summed E-state index contributed by atoms with van der Waals surface area (Å²) in [6.07, 6.45) is 1.11. The lowest BCUT2D eigenvalue weighted by Gasteiger charge is -2.44. The van der Waals surface area contributed by atoms with Crippen LogP contribution in [0.2, 0.25) is 0 Å². The van der Waals surface area contributed by atoms with Crippen molar-refractivity contribution in [3.8, 4) is 0 Å². The lowest BCUT2D eigenvalue weighted by atomic mass is 9.83. The molecule has 2 aliphatic rings. The van der Waals surface area contributed by atoms with E-state index in [0.717, 1.165) is 37.4 Å². The van der Waals surface area contributed by atoms with Crippen molar-refractivity contribution >= 4 is 17.3 Å². The molecule has 2 atom stereocenters. The van der Waals surface area contributed by atoms with Gasteiger partial charge in [-0.15, -0.1) is 0 Å². The summed E-state index contributed by atoms with van der Waals surface area (Å²) in [5.74, 6) is 0.664. The number of nitrogens with zero attached hydrogens (tertiary/aromatic N) is 2. The Morgan fingerprint density at radius 3 is 2.85 bits per heavy atom. The summed E-state index contributed by atoms with van der Waals surface area (Å²) in [5, 5.41) is 2.80. The van der Waals surface area contributed by atoms with Crippen LogP contribution in [0.5, 0.6) is 0 Å². The van der Waals surface area contributed by atoms with Crippen molar-refractivity contribution in [3.05, 3.63) is 58.0 Å². The van der Waals surface area contributed by atoms with Crippen molar-refractivity contribution in [1.29, 1.82) is 0 Å². The molecule has 0 unspecified atom stereocenters. The third-order valence-corrected chi connectivity index (χ3v) is 5.45. The fourth-order valence-electron chi connectivity index (χ4n) is 4.34. The van der Waals surface area contributed by atoms with Crippen LogP contribution in [0.4, 0.5) is 11.4 Å². The number of pyridine rings is 1. The molecule has 4 rings (SSSR count). The zero-order valence-electron chi connectivity index (χ0n) is 14.9. The van der Waals surface area contributed by atoms with Crippen LogP contribution >= 0.6 is 0 Å². The molecule has 0 saturated carbocycles. The van der Waals surface area contributed by atoms with Crippen molar-refractivity contribution in [2.24, 2.45) is 5.92 Å². The molecule has 2 aromatic rings. The number of hydrogen-bond donors (Lipinski definition) is 2. The molecule has 26 heavy (non-hydrogen) atoms. The van der Waals surface area contributed by atoms with E-state index in [1.54, 1.807) is 12.1 Å². The molecule has 1 fully saturated rings. The molecule has 0 spiro atoms. The van der Waals surface area contributed by atoms with E-state index >= 15 is 0 Å². The summed E-state index contributed by atoms with van der Waals surface area (Å²) < 4.78 is 1.93. The highest BCUT2D eigenvalue weighted by atomic mass is 16.1. The number of nitrogens with two attached hydrogens (primary N) is 1. The van der Waals surface area contributed by atoms with E-state index in [4.69, 9.17) is 5.73 Å². The molecule has 1 amide bonds. The number of rotatable bonds is 3. The second-order valence-electron chi connectivity index (χ2n) is 7.24. The molecule has 2 bridgehead atoms. The molecular weight excluding hydrogens is 328 g/mol. The Morgan fingerprint density at radius 1 is 1.23 bits per heavy atom. The Labute approximate surface area is 152 Å². The van der Waals surface area contributed by atoms with Gasteiger partial charge < -0.3 is 20.5 Å². The minimum atomic E-state index is -0.102. The van der Waals surface area contributed by atoms with E-state index in [-0.39, 0.29) is 11.5 Å². The monoisotopic (exact) mass is 352 g/mol. The zero-order valence-corrected chi connectivity index (χ0v) is 14.9. The molecule has 136 valence electrons. The van der Waals surface area contributed by atoms with Gasteiger partial charge >= 0.3 is 0 Å². The van der Waals surface area contributed by atoms with Crippen LogP contribution in [0, 0.1) is 5.92 Å². The summed E-state index contributed by atoms with van der Waals surface area (Å²) in [5.41, 5.74) is 9.67. The fraction of sp³-hybridized carbons (Fsp3) is 0.400. The van der Waals surface area contributed by atoms with E-state index in [0.29, 0.717) is 29.6 Å². The standard InChI is InChI=1S/C20H24N4O2/c1-2-22-20(26)14-6-7-18(16(21)9-14)23-10-13-8-15(12-23)17-4-3-5-19(25)24(17)11-13/h3-7,9,13,15H,2,8,10-12,21H2,1H3,(H,22,26)/t13-,15+/m0/s1. The van der Waals surface area contributed by atoms with E-state index in [1.165, 1.54) is 0 Å². The number of nitrogens with one attached hydrogen (secondary N) is 1. The second kappa shape index (κ2) is 6.52. The molecule has 1 saturated heterocycles. The van der Waals surface area contributed by atoms with E-state index in [9.17, 15) is 9.59 Å². The van der Waals surface area contributed by atoms with Gasteiger partial charge in [0.15, 0.2) is 0 Å². The van der Waals surface area contributed by atoms with Gasteiger partial charge in [-0.1, -0.05) is 6.07 Å². The molecule has 1 aromatic heterocycles. The highest BCUT2D eigenvalue weighted by Gasteiger charge is 2.35. The molecule has 0 aliphatic carbocycles. The first-order valence-electron chi connectivity index (χ1n) is 9.19. The number of hydrogen-bond acceptors (Lipinski definition) is 4. The number of piperidine rings is 1. The average Bonchev–Trinajstić information content (AvgIpc) is 2.62. The largest absolute Gasteiger partial charge is 0.397 e. The number of carbonyl (C=O) groups is 1. The first-order chi connectivity index (χ1) is 12.6. The van der Waals surface area contributed by atoms with Gasteiger partial charge in [-0.2, -0.15) is 0 Å². The van der Waals surface area contributed by atoms with Gasteiger partial charge in [0.2, 0.25) is 0 Å². The van der Waals surface area contributed by atoms with Gasteiger partial charge in [0.05, 0.1) is 11.4 Å². The van der Waals surface area contributed by atoms with Crippen LogP contribution in [0.3, 0.4) is 0 Å². The summed E-state index contributed by atoms with van der Waals surface area (Å²) in [4.78, 5) is 26.4. The van der Waals surface area contributed by atoms with Gasteiger partial charge in [-0.25, -0.2) is 0 Å². The Hall–Kier alpha value is -2.76. The summed E-state index contributed by atoms with van der Waals surface area (Å²) in [7, 11) is 0. The van der Waals surface area contributed by atoms with Crippen LogP contribution in [0.15, 0.2) is 41.2 Å². The van der Waals surface area contributed by atoms with Crippen molar-refractivity contribution in [3.63, 3.8) is 0 Å². The smallest absolute Gasteiger partial charge is 0.251 e. The number of fused-ring (bicyclic) bond motifs is 4. The summed E-state index contributed by atoms with van der Waals surface area (Å²) in [6, 6.07) is 11.1. The van der Waals surface area contributed by atoms with E-state index < -0.39 is 0 Å². The maximum absolute atomic E-state index is 12.1. The van der Waals surface area contributed by atoms with Crippen molar-refractivity contribution in [1.82, 2.24) is 9.88 Å². The number of nitrogen functional groups attached to an aromatic ring is 1. The average molecular weight is 352 g/mol.